The Morgan fingerprint density at radius 2 is 2.18 bits per heavy atom. The molecule has 0 bridgehead atoms. The Kier molecular flexibility index (Phi) is 5.88. The van der Waals surface area contributed by atoms with Crippen LogP contribution in [0.25, 0.3) is 17.3 Å². The molecule has 0 saturated carbocycles. The lowest BCUT2D eigenvalue weighted by atomic mass is 10.1. The standard InChI is InChI=1S/C16H20N4O2/c1-21-5-6-22-14-8-12(10-18)7-13(9-14)15-11-19-16(20-15)3-2-4-17/h2-4,7-9,11,17H,5-6,10,18H2,1H3,(H,19,20)/b3-2-,17-4?. The maximum Gasteiger partial charge on any atom is 0.130 e. The SMILES string of the molecule is COCCOc1cc(CN)cc(-c2cnc(/C=C\C=N)[nH]2)c1. The Hall–Kier alpha value is -2.44. The quantitative estimate of drug-likeness (QED) is 0.514. The monoisotopic (exact) mass is 300 g/mol. The van der Waals surface area contributed by atoms with Gasteiger partial charge in [-0.25, -0.2) is 4.98 Å². The van der Waals surface area contributed by atoms with Crippen LogP contribution >= 0.6 is 0 Å². The third kappa shape index (κ3) is 4.28. The van der Waals surface area contributed by atoms with Gasteiger partial charge in [0.2, 0.25) is 0 Å². The van der Waals surface area contributed by atoms with E-state index in [-0.39, 0.29) is 0 Å². The predicted molar refractivity (Wildman–Crippen MR) is 87.1 cm³/mol. The second-order valence-corrected chi connectivity index (χ2v) is 4.62. The smallest absolute Gasteiger partial charge is 0.130 e. The molecule has 0 amide bonds. The number of nitrogens with two attached hydrogens (primary N) is 1. The summed E-state index contributed by atoms with van der Waals surface area (Å²) in [6.07, 6.45) is 6.30. The van der Waals surface area contributed by atoms with E-state index in [1.807, 2.05) is 18.2 Å². The van der Waals surface area contributed by atoms with E-state index in [2.05, 4.69) is 9.97 Å². The summed E-state index contributed by atoms with van der Waals surface area (Å²) in [7, 11) is 1.64. The molecule has 0 aliphatic carbocycles. The Balaban J connectivity index is 2.25. The van der Waals surface area contributed by atoms with Crippen molar-refractivity contribution < 1.29 is 9.47 Å². The third-order valence-electron chi connectivity index (χ3n) is 3.01. The van der Waals surface area contributed by atoms with Crippen molar-refractivity contribution in [2.75, 3.05) is 20.3 Å². The van der Waals surface area contributed by atoms with E-state index in [0.717, 1.165) is 22.6 Å². The average Bonchev–Trinajstić information content (AvgIpc) is 3.02. The van der Waals surface area contributed by atoms with Gasteiger partial charge in [-0.15, -0.1) is 0 Å². The Bertz CT molecular complexity index is 649. The number of ether oxygens (including phenoxy) is 2. The van der Waals surface area contributed by atoms with E-state index in [1.54, 1.807) is 25.5 Å². The summed E-state index contributed by atoms with van der Waals surface area (Å²) in [5.74, 6) is 1.44. The summed E-state index contributed by atoms with van der Waals surface area (Å²) in [5.41, 5.74) is 8.56. The molecule has 22 heavy (non-hydrogen) atoms. The maximum absolute atomic E-state index is 6.99. The van der Waals surface area contributed by atoms with Crippen molar-refractivity contribution in [3.63, 3.8) is 0 Å². The maximum atomic E-state index is 6.99. The van der Waals surface area contributed by atoms with Crippen LogP contribution in [0.15, 0.2) is 30.5 Å². The molecule has 6 nitrogen and oxygen atoms in total. The number of allylic oxidation sites excluding steroid dienone is 1. The molecule has 116 valence electrons. The van der Waals surface area contributed by atoms with Crippen LogP contribution in [0.5, 0.6) is 5.75 Å². The number of aromatic amines is 1. The van der Waals surface area contributed by atoms with Gasteiger partial charge in [0, 0.05) is 25.4 Å². The number of methoxy groups -OCH3 is 1. The van der Waals surface area contributed by atoms with Gasteiger partial charge in [-0.2, -0.15) is 0 Å². The van der Waals surface area contributed by atoms with Crippen LogP contribution in [0.4, 0.5) is 0 Å². The molecule has 2 aromatic rings. The first-order valence-electron chi connectivity index (χ1n) is 6.95. The van der Waals surface area contributed by atoms with Crippen molar-refractivity contribution in [1.29, 1.82) is 5.41 Å². The molecule has 0 saturated heterocycles. The minimum absolute atomic E-state index is 0.434. The average molecular weight is 300 g/mol. The molecular formula is C16H20N4O2. The lowest BCUT2D eigenvalue weighted by molar-refractivity contribution is 0.146. The molecule has 0 aliphatic rings. The minimum atomic E-state index is 0.434. The molecule has 0 unspecified atom stereocenters. The molecule has 4 N–H and O–H groups in total. The molecule has 1 aromatic heterocycles. The van der Waals surface area contributed by atoms with Crippen LogP contribution in [-0.4, -0.2) is 36.5 Å². The molecule has 6 heteroatoms. The summed E-state index contributed by atoms with van der Waals surface area (Å²) in [6.45, 7) is 1.45. The lowest BCUT2D eigenvalue weighted by Gasteiger charge is -2.09. The normalized spacial score (nSPS) is 11.0. The lowest BCUT2D eigenvalue weighted by Crippen LogP contribution is -2.05. The van der Waals surface area contributed by atoms with Crippen molar-refractivity contribution in [3.05, 3.63) is 41.9 Å². The zero-order valence-corrected chi connectivity index (χ0v) is 12.5. The highest BCUT2D eigenvalue weighted by Gasteiger charge is 2.06. The van der Waals surface area contributed by atoms with Crippen molar-refractivity contribution in [2.24, 2.45) is 5.73 Å². The van der Waals surface area contributed by atoms with Crippen LogP contribution in [-0.2, 0) is 11.3 Å². The topological polar surface area (TPSA) is 97.0 Å². The summed E-state index contributed by atoms with van der Waals surface area (Å²) in [6, 6.07) is 5.86. The number of rotatable bonds is 8. The summed E-state index contributed by atoms with van der Waals surface area (Å²) in [4.78, 5) is 7.44. The van der Waals surface area contributed by atoms with E-state index >= 15 is 0 Å². The van der Waals surface area contributed by atoms with Gasteiger partial charge < -0.3 is 25.6 Å². The molecule has 1 heterocycles. The van der Waals surface area contributed by atoms with Crippen molar-refractivity contribution in [1.82, 2.24) is 9.97 Å². The number of aromatic nitrogens is 2. The van der Waals surface area contributed by atoms with E-state index < -0.39 is 0 Å². The van der Waals surface area contributed by atoms with Gasteiger partial charge in [-0.05, 0) is 35.9 Å². The van der Waals surface area contributed by atoms with E-state index in [0.29, 0.717) is 25.6 Å². The molecular weight excluding hydrogens is 280 g/mol. The summed E-state index contributed by atoms with van der Waals surface area (Å²) < 4.78 is 10.6. The number of H-pyrrole nitrogens is 1. The highest BCUT2D eigenvalue weighted by molar-refractivity contribution is 5.75. The second kappa shape index (κ2) is 8.11. The fraction of sp³-hybridized carbons (Fsp3) is 0.250. The molecule has 0 fully saturated rings. The van der Waals surface area contributed by atoms with E-state index in [4.69, 9.17) is 20.6 Å². The molecule has 2 rings (SSSR count). The number of benzene rings is 1. The molecule has 0 radical (unpaired) electrons. The van der Waals surface area contributed by atoms with Gasteiger partial charge in [0.25, 0.3) is 0 Å². The second-order valence-electron chi connectivity index (χ2n) is 4.62. The Morgan fingerprint density at radius 1 is 1.32 bits per heavy atom. The van der Waals surface area contributed by atoms with Crippen molar-refractivity contribution >= 4 is 12.3 Å². The fourth-order valence-corrected chi connectivity index (χ4v) is 1.97. The molecule has 0 spiro atoms. The van der Waals surface area contributed by atoms with E-state index in [1.165, 1.54) is 6.21 Å². The number of hydrogen-bond donors (Lipinski definition) is 3. The first-order chi connectivity index (χ1) is 10.8. The molecule has 1 aromatic carbocycles. The zero-order valence-electron chi connectivity index (χ0n) is 12.5. The highest BCUT2D eigenvalue weighted by Crippen LogP contribution is 2.25. The fourth-order valence-electron chi connectivity index (χ4n) is 1.97. The first kappa shape index (κ1) is 15.9. The summed E-state index contributed by atoms with van der Waals surface area (Å²) in [5, 5.41) is 6.99. The van der Waals surface area contributed by atoms with Crippen LogP contribution in [0.1, 0.15) is 11.4 Å². The number of hydrogen-bond acceptors (Lipinski definition) is 5. The van der Waals surface area contributed by atoms with Gasteiger partial charge in [0.15, 0.2) is 0 Å². The van der Waals surface area contributed by atoms with Crippen LogP contribution in [0.2, 0.25) is 0 Å². The number of nitrogens with one attached hydrogen (secondary N) is 2. The van der Waals surface area contributed by atoms with Crippen LogP contribution in [0.3, 0.4) is 0 Å². The molecule has 0 atom stereocenters. The third-order valence-corrected chi connectivity index (χ3v) is 3.01. The number of imidazole rings is 1. The van der Waals surface area contributed by atoms with Gasteiger partial charge in [0.05, 0.1) is 18.5 Å². The van der Waals surface area contributed by atoms with Gasteiger partial charge in [-0.3, -0.25) is 0 Å². The highest BCUT2D eigenvalue weighted by atomic mass is 16.5. The summed E-state index contributed by atoms with van der Waals surface area (Å²) >= 11 is 0. The van der Waals surface area contributed by atoms with Crippen LogP contribution < -0.4 is 10.5 Å². The van der Waals surface area contributed by atoms with Gasteiger partial charge in [0.1, 0.15) is 18.2 Å². The first-order valence-corrected chi connectivity index (χ1v) is 6.95. The Labute approximate surface area is 129 Å². The van der Waals surface area contributed by atoms with Crippen molar-refractivity contribution in [3.8, 4) is 17.0 Å². The zero-order chi connectivity index (χ0) is 15.8. The van der Waals surface area contributed by atoms with Gasteiger partial charge >= 0.3 is 0 Å². The largest absolute Gasteiger partial charge is 0.491 e. The van der Waals surface area contributed by atoms with Crippen molar-refractivity contribution in [2.45, 2.75) is 6.54 Å². The Morgan fingerprint density at radius 3 is 2.91 bits per heavy atom. The van der Waals surface area contributed by atoms with Crippen LogP contribution in [0, 0.1) is 5.41 Å². The van der Waals surface area contributed by atoms with E-state index in [9.17, 15) is 0 Å². The number of nitrogens with zero attached hydrogens (tertiary/aromatic N) is 1. The predicted octanol–water partition coefficient (Wildman–Crippen LogP) is 2.22. The molecule has 0 aliphatic heterocycles. The van der Waals surface area contributed by atoms with Gasteiger partial charge in [-0.1, -0.05) is 0 Å². The minimum Gasteiger partial charge on any atom is -0.491 e.